The van der Waals surface area contributed by atoms with E-state index in [0.29, 0.717) is 16.8 Å². The van der Waals surface area contributed by atoms with Crippen LogP contribution in [-0.2, 0) is 4.79 Å². The number of amides is 1. The molecule has 0 fully saturated rings. The summed E-state index contributed by atoms with van der Waals surface area (Å²) in [5, 5.41) is 0. The van der Waals surface area contributed by atoms with E-state index in [1.165, 1.54) is 0 Å². The number of hydrogen-bond donors (Lipinski definition) is 0. The molecular formula is C18H14N2O2. The molecule has 0 aromatic heterocycles. The van der Waals surface area contributed by atoms with Crippen molar-refractivity contribution in [2.45, 2.75) is 0 Å². The van der Waals surface area contributed by atoms with E-state index in [4.69, 9.17) is 0 Å². The van der Waals surface area contributed by atoms with Gasteiger partial charge in [0.05, 0.1) is 16.9 Å². The van der Waals surface area contributed by atoms with Gasteiger partial charge in [0.1, 0.15) is 5.70 Å². The average Bonchev–Trinajstić information content (AvgIpc) is 2.94. The summed E-state index contributed by atoms with van der Waals surface area (Å²) in [7, 11) is 3.57. The lowest BCUT2D eigenvalue weighted by Gasteiger charge is -2.15. The first-order valence-electron chi connectivity index (χ1n) is 7.10. The summed E-state index contributed by atoms with van der Waals surface area (Å²) in [5.41, 5.74) is 4.09. The quantitative estimate of drug-likeness (QED) is 0.700. The van der Waals surface area contributed by atoms with Gasteiger partial charge >= 0.3 is 0 Å². The number of para-hydroxylation sites is 2. The number of carbonyl (C=O) groups excluding carboxylic acids is 2. The second kappa shape index (κ2) is 4.31. The number of nitrogens with zero attached hydrogens (tertiary/aromatic N) is 2. The summed E-state index contributed by atoms with van der Waals surface area (Å²) in [6, 6.07) is 15.0. The van der Waals surface area contributed by atoms with Gasteiger partial charge in [-0.15, -0.1) is 0 Å². The summed E-state index contributed by atoms with van der Waals surface area (Å²) in [4.78, 5) is 28.9. The molecule has 0 bridgehead atoms. The molecule has 0 N–H and O–H groups in total. The molecule has 22 heavy (non-hydrogen) atoms. The van der Waals surface area contributed by atoms with Crippen molar-refractivity contribution >= 4 is 28.6 Å². The lowest BCUT2D eigenvalue weighted by Crippen LogP contribution is -2.24. The Bertz CT molecular complexity index is 867. The van der Waals surface area contributed by atoms with Crippen LogP contribution in [0.5, 0.6) is 0 Å². The minimum absolute atomic E-state index is 0.0912. The zero-order valence-electron chi connectivity index (χ0n) is 12.3. The Morgan fingerprint density at radius 3 is 1.91 bits per heavy atom. The van der Waals surface area contributed by atoms with Crippen molar-refractivity contribution in [3.8, 4) is 0 Å². The van der Waals surface area contributed by atoms with Crippen LogP contribution in [0.2, 0.25) is 0 Å². The molecule has 4 nitrogen and oxygen atoms in total. The topological polar surface area (TPSA) is 40.6 Å². The van der Waals surface area contributed by atoms with Gasteiger partial charge in [0.2, 0.25) is 5.78 Å². The van der Waals surface area contributed by atoms with Crippen molar-refractivity contribution in [2.24, 2.45) is 0 Å². The monoisotopic (exact) mass is 290 g/mol. The van der Waals surface area contributed by atoms with E-state index in [1.54, 1.807) is 18.0 Å². The van der Waals surface area contributed by atoms with Gasteiger partial charge in [0.15, 0.2) is 0 Å². The molecular weight excluding hydrogens is 276 g/mol. The number of likely N-dealkylation sites (N-methyl/N-ethyl adjacent to an activating group) is 2. The molecule has 0 aliphatic carbocycles. The third-order valence-electron chi connectivity index (χ3n) is 4.35. The highest BCUT2D eigenvalue weighted by Gasteiger charge is 2.39. The van der Waals surface area contributed by atoms with E-state index >= 15 is 0 Å². The summed E-state index contributed by atoms with van der Waals surface area (Å²) in [5.74, 6) is -0.226. The number of anilines is 2. The van der Waals surface area contributed by atoms with Crippen LogP contribution in [0.1, 0.15) is 15.9 Å². The zero-order chi connectivity index (χ0) is 15.4. The molecule has 108 valence electrons. The molecule has 2 aromatic carbocycles. The van der Waals surface area contributed by atoms with Crippen molar-refractivity contribution in [1.29, 1.82) is 0 Å². The number of rotatable bonds is 0. The van der Waals surface area contributed by atoms with Crippen molar-refractivity contribution in [2.75, 3.05) is 23.9 Å². The number of carbonyl (C=O) groups is 2. The van der Waals surface area contributed by atoms with Crippen LogP contribution in [0.25, 0.3) is 5.57 Å². The summed E-state index contributed by atoms with van der Waals surface area (Å²) < 4.78 is 0. The van der Waals surface area contributed by atoms with Gasteiger partial charge in [-0.05, 0) is 18.2 Å². The van der Waals surface area contributed by atoms with Crippen LogP contribution in [0, 0.1) is 0 Å². The van der Waals surface area contributed by atoms with Crippen LogP contribution in [-0.4, -0.2) is 25.8 Å². The smallest absolute Gasteiger partial charge is 0.260 e. The van der Waals surface area contributed by atoms with Gasteiger partial charge in [-0.3, -0.25) is 9.59 Å². The van der Waals surface area contributed by atoms with Crippen molar-refractivity contribution in [3.05, 3.63) is 65.4 Å². The minimum Gasteiger partial charge on any atom is -0.340 e. The summed E-state index contributed by atoms with van der Waals surface area (Å²) in [6.07, 6.45) is 0. The number of ketones is 1. The minimum atomic E-state index is -0.135. The Morgan fingerprint density at radius 1 is 0.727 bits per heavy atom. The molecule has 0 radical (unpaired) electrons. The van der Waals surface area contributed by atoms with Crippen LogP contribution < -0.4 is 9.80 Å². The van der Waals surface area contributed by atoms with Crippen molar-refractivity contribution in [3.63, 3.8) is 0 Å². The number of allylic oxidation sites excluding steroid dienone is 1. The Morgan fingerprint density at radius 2 is 1.27 bits per heavy atom. The summed E-state index contributed by atoms with van der Waals surface area (Å²) in [6.45, 7) is 0. The molecule has 2 heterocycles. The Labute approximate surface area is 128 Å². The fourth-order valence-electron chi connectivity index (χ4n) is 3.24. The molecule has 0 saturated heterocycles. The summed E-state index contributed by atoms with van der Waals surface area (Å²) >= 11 is 0. The molecule has 2 aliphatic heterocycles. The molecule has 2 aliphatic rings. The predicted molar refractivity (Wildman–Crippen MR) is 85.9 cm³/mol. The van der Waals surface area contributed by atoms with Crippen LogP contribution >= 0.6 is 0 Å². The first-order valence-corrected chi connectivity index (χ1v) is 7.10. The second-order valence-electron chi connectivity index (χ2n) is 5.51. The molecule has 0 saturated carbocycles. The highest BCUT2D eigenvalue weighted by atomic mass is 16.2. The van der Waals surface area contributed by atoms with Gasteiger partial charge in [-0.25, -0.2) is 0 Å². The van der Waals surface area contributed by atoms with Crippen LogP contribution in [0.15, 0.2) is 54.2 Å². The molecule has 0 unspecified atom stereocenters. The lowest BCUT2D eigenvalue weighted by molar-refractivity contribution is -0.112. The number of Topliss-reactive ketones (excluding diaryl/α,β-unsaturated/α-hetero) is 1. The number of hydrogen-bond acceptors (Lipinski definition) is 3. The van der Waals surface area contributed by atoms with Crippen molar-refractivity contribution in [1.82, 2.24) is 0 Å². The number of fused-ring (bicyclic) bond motifs is 2. The highest BCUT2D eigenvalue weighted by molar-refractivity contribution is 6.39. The van der Waals surface area contributed by atoms with E-state index in [1.807, 2.05) is 54.4 Å². The third kappa shape index (κ3) is 1.46. The van der Waals surface area contributed by atoms with Gasteiger partial charge in [-0.1, -0.05) is 30.3 Å². The SMILES string of the molecule is CN1C(=O)/C(=C2\C(=O)c3ccccc3N2C)c2ccccc21. The fraction of sp³-hybridized carbons (Fsp3) is 0.111. The zero-order valence-corrected chi connectivity index (χ0v) is 12.3. The molecule has 0 spiro atoms. The largest absolute Gasteiger partial charge is 0.340 e. The van der Waals surface area contributed by atoms with Gasteiger partial charge < -0.3 is 9.80 Å². The third-order valence-corrected chi connectivity index (χ3v) is 4.35. The van der Waals surface area contributed by atoms with E-state index in [-0.39, 0.29) is 11.7 Å². The Balaban J connectivity index is 2.01. The Kier molecular flexibility index (Phi) is 2.51. The molecule has 4 rings (SSSR count). The average molecular weight is 290 g/mol. The highest BCUT2D eigenvalue weighted by Crippen LogP contribution is 2.42. The first kappa shape index (κ1) is 12.8. The maximum atomic E-state index is 12.8. The lowest BCUT2D eigenvalue weighted by atomic mass is 10.0. The maximum Gasteiger partial charge on any atom is 0.260 e. The van der Waals surface area contributed by atoms with Crippen LogP contribution in [0.3, 0.4) is 0 Å². The van der Waals surface area contributed by atoms with E-state index in [0.717, 1.165) is 16.9 Å². The first-order chi connectivity index (χ1) is 10.6. The molecule has 4 heteroatoms. The normalized spacial score (nSPS) is 19.7. The van der Waals surface area contributed by atoms with Gasteiger partial charge in [0, 0.05) is 25.2 Å². The van der Waals surface area contributed by atoms with Gasteiger partial charge in [-0.2, -0.15) is 0 Å². The predicted octanol–water partition coefficient (Wildman–Crippen LogP) is 2.71. The van der Waals surface area contributed by atoms with E-state index < -0.39 is 0 Å². The van der Waals surface area contributed by atoms with Crippen LogP contribution in [0.4, 0.5) is 11.4 Å². The van der Waals surface area contributed by atoms with E-state index in [9.17, 15) is 9.59 Å². The number of benzene rings is 2. The Hall–Kier alpha value is -2.88. The molecule has 0 atom stereocenters. The fourth-order valence-corrected chi connectivity index (χ4v) is 3.24. The maximum absolute atomic E-state index is 12.8. The van der Waals surface area contributed by atoms with Crippen molar-refractivity contribution < 1.29 is 9.59 Å². The standard InChI is InChI=1S/C18H14N2O2/c1-19-14-10-6-4-8-12(14)17(21)16(19)15-11-7-3-5-9-13(11)20(2)18(15)22/h3-10H,1-2H3/b16-15+. The second-order valence-corrected chi connectivity index (χ2v) is 5.51. The van der Waals surface area contributed by atoms with E-state index in [2.05, 4.69) is 0 Å². The molecule has 2 aromatic rings. The van der Waals surface area contributed by atoms with Gasteiger partial charge in [0.25, 0.3) is 5.91 Å². The molecule has 1 amide bonds.